The molecule has 2 fully saturated rings. The van der Waals surface area contributed by atoms with Crippen molar-refractivity contribution in [2.24, 2.45) is 5.73 Å². The topological polar surface area (TPSA) is 67.6 Å². The van der Waals surface area contributed by atoms with Gasteiger partial charge in [0, 0.05) is 32.3 Å². The summed E-state index contributed by atoms with van der Waals surface area (Å²) in [6.07, 6.45) is 4.49. The van der Waals surface area contributed by atoms with Crippen LogP contribution in [-0.4, -0.2) is 55.7 Å². The van der Waals surface area contributed by atoms with Crippen molar-refractivity contribution >= 4 is 18.3 Å². The molecule has 1 amide bonds. The van der Waals surface area contributed by atoms with E-state index in [2.05, 4.69) is 10.2 Å². The molecule has 18 heavy (non-hydrogen) atoms. The van der Waals surface area contributed by atoms with Crippen LogP contribution >= 0.6 is 12.4 Å². The molecule has 0 spiro atoms. The Bertz CT molecular complexity index is 274. The summed E-state index contributed by atoms with van der Waals surface area (Å²) in [5, 5.41) is 3.02. The molecule has 0 aromatic rings. The van der Waals surface area contributed by atoms with Crippen LogP contribution in [-0.2, 0) is 9.53 Å². The smallest absolute Gasteiger partial charge is 0.234 e. The summed E-state index contributed by atoms with van der Waals surface area (Å²) >= 11 is 0. The van der Waals surface area contributed by atoms with Gasteiger partial charge in [-0.25, -0.2) is 0 Å². The Kier molecular flexibility index (Phi) is 6.35. The van der Waals surface area contributed by atoms with Crippen LogP contribution < -0.4 is 11.1 Å². The number of amides is 1. The lowest BCUT2D eigenvalue weighted by atomic mass is 9.99. The highest BCUT2D eigenvalue weighted by molar-refractivity contribution is 5.85. The van der Waals surface area contributed by atoms with E-state index in [1.54, 1.807) is 7.11 Å². The summed E-state index contributed by atoms with van der Waals surface area (Å²) in [6, 6.07) is 0.717. The van der Waals surface area contributed by atoms with E-state index >= 15 is 0 Å². The predicted molar refractivity (Wildman–Crippen MR) is 72.9 cm³/mol. The van der Waals surface area contributed by atoms with Crippen LogP contribution in [0.3, 0.4) is 0 Å². The molecule has 5 nitrogen and oxygen atoms in total. The Morgan fingerprint density at radius 3 is 2.72 bits per heavy atom. The molecule has 2 unspecified atom stereocenters. The standard InChI is InChI=1S/C12H23N3O2.ClH/c1-17-11-4-5-15(10(6-11)7-13)8-12(16)14-9-2-3-9;/h9-11H,2-8,13H2,1H3,(H,14,16);1H. The van der Waals surface area contributed by atoms with Crippen LogP contribution in [0, 0.1) is 0 Å². The second kappa shape index (κ2) is 7.28. The summed E-state index contributed by atoms with van der Waals surface area (Å²) in [7, 11) is 1.74. The molecule has 0 radical (unpaired) electrons. The SMILES string of the molecule is COC1CCN(CC(=O)NC2CC2)C(CN)C1.Cl. The maximum absolute atomic E-state index is 11.7. The molecule has 2 aliphatic rings. The highest BCUT2D eigenvalue weighted by atomic mass is 35.5. The molecular weight excluding hydrogens is 254 g/mol. The lowest BCUT2D eigenvalue weighted by Crippen LogP contribution is -2.51. The van der Waals surface area contributed by atoms with Crippen molar-refractivity contribution in [2.45, 2.75) is 43.9 Å². The number of nitrogens with two attached hydrogens (primary N) is 1. The fourth-order valence-corrected chi connectivity index (χ4v) is 2.42. The minimum Gasteiger partial charge on any atom is -0.381 e. The minimum atomic E-state index is 0. The van der Waals surface area contributed by atoms with E-state index in [0.717, 1.165) is 32.2 Å². The van der Waals surface area contributed by atoms with Crippen molar-refractivity contribution in [1.82, 2.24) is 10.2 Å². The maximum Gasteiger partial charge on any atom is 0.234 e. The van der Waals surface area contributed by atoms with E-state index in [4.69, 9.17) is 10.5 Å². The number of rotatable bonds is 5. The molecule has 1 saturated heterocycles. The van der Waals surface area contributed by atoms with Gasteiger partial charge in [-0.1, -0.05) is 0 Å². The number of halogens is 1. The number of nitrogens with one attached hydrogen (secondary N) is 1. The van der Waals surface area contributed by atoms with Crippen LogP contribution in [0.4, 0.5) is 0 Å². The second-order valence-corrected chi connectivity index (χ2v) is 5.08. The Morgan fingerprint density at radius 1 is 1.44 bits per heavy atom. The molecule has 2 rings (SSSR count). The average molecular weight is 278 g/mol. The van der Waals surface area contributed by atoms with Gasteiger partial charge in [0.05, 0.1) is 12.6 Å². The quantitative estimate of drug-likeness (QED) is 0.749. The van der Waals surface area contributed by atoms with E-state index in [1.807, 2.05) is 0 Å². The number of nitrogens with zero attached hydrogens (tertiary/aromatic N) is 1. The van der Waals surface area contributed by atoms with E-state index in [-0.39, 0.29) is 24.4 Å². The fraction of sp³-hybridized carbons (Fsp3) is 0.917. The van der Waals surface area contributed by atoms with Gasteiger partial charge in [0.1, 0.15) is 0 Å². The summed E-state index contributed by atoms with van der Waals surface area (Å²) in [5.41, 5.74) is 5.77. The monoisotopic (exact) mass is 277 g/mol. The lowest BCUT2D eigenvalue weighted by Gasteiger charge is -2.37. The van der Waals surface area contributed by atoms with Gasteiger partial charge in [0.2, 0.25) is 5.91 Å². The van der Waals surface area contributed by atoms with Crippen molar-refractivity contribution in [2.75, 3.05) is 26.7 Å². The Balaban J connectivity index is 0.00000162. The third-order valence-corrected chi connectivity index (χ3v) is 3.68. The number of ether oxygens (including phenoxy) is 1. The molecule has 0 aromatic carbocycles. The summed E-state index contributed by atoms with van der Waals surface area (Å²) < 4.78 is 5.37. The molecule has 106 valence electrons. The first kappa shape index (κ1) is 15.7. The van der Waals surface area contributed by atoms with E-state index in [9.17, 15) is 4.79 Å². The van der Waals surface area contributed by atoms with Crippen LogP contribution in [0.2, 0.25) is 0 Å². The predicted octanol–water partition coefficient (Wildman–Crippen LogP) is 0.125. The first-order chi connectivity index (χ1) is 8.22. The zero-order valence-electron chi connectivity index (χ0n) is 10.9. The number of methoxy groups -OCH3 is 1. The first-order valence-electron chi connectivity index (χ1n) is 6.49. The largest absolute Gasteiger partial charge is 0.381 e. The molecule has 1 aliphatic heterocycles. The van der Waals surface area contributed by atoms with E-state index < -0.39 is 0 Å². The number of carbonyl (C=O) groups is 1. The minimum absolute atomic E-state index is 0. The van der Waals surface area contributed by atoms with Crippen molar-refractivity contribution in [3.63, 3.8) is 0 Å². The Labute approximate surface area is 115 Å². The molecule has 1 saturated carbocycles. The van der Waals surface area contributed by atoms with Crippen molar-refractivity contribution in [3.05, 3.63) is 0 Å². The maximum atomic E-state index is 11.7. The zero-order valence-corrected chi connectivity index (χ0v) is 11.7. The molecule has 1 aliphatic carbocycles. The highest BCUT2D eigenvalue weighted by Crippen LogP contribution is 2.20. The van der Waals surface area contributed by atoms with E-state index in [1.165, 1.54) is 0 Å². The normalized spacial score (nSPS) is 28.6. The highest BCUT2D eigenvalue weighted by Gasteiger charge is 2.30. The Morgan fingerprint density at radius 2 is 2.17 bits per heavy atom. The number of hydrogen-bond donors (Lipinski definition) is 2. The molecule has 1 heterocycles. The van der Waals surface area contributed by atoms with Crippen molar-refractivity contribution < 1.29 is 9.53 Å². The lowest BCUT2D eigenvalue weighted by molar-refractivity contribution is -0.123. The van der Waals surface area contributed by atoms with Gasteiger partial charge < -0.3 is 15.8 Å². The number of hydrogen-bond acceptors (Lipinski definition) is 4. The number of carbonyl (C=O) groups excluding carboxylic acids is 1. The molecule has 6 heteroatoms. The van der Waals surface area contributed by atoms with Crippen LogP contribution in [0.5, 0.6) is 0 Å². The summed E-state index contributed by atoms with van der Waals surface area (Å²) in [4.78, 5) is 13.9. The van der Waals surface area contributed by atoms with Crippen LogP contribution in [0.1, 0.15) is 25.7 Å². The van der Waals surface area contributed by atoms with Crippen LogP contribution in [0.15, 0.2) is 0 Å². The van der Waals surface area contributed by atoms with Crippen LogP contribution in [0.25, 0.3) is 0 Å². The summed E-state index contributed by atoms with van der Waals surface area (Å²) in [5.74, 6) is 0.141. The third-order valence-electron chi connectivity index (χ3n) is 3.68. The number of likely N-dealkylation sites (tertiary alicyclic amines) is 1. The molecular formula is C12H24ClN3O2. The third kappa shape index (κ3) is 4.39. The van der Waals surface area contributed by atoms with Gasteiger partial charge in [-0.3, -0.25) is 9.69 Å². The molecule has 2 atom stereocenters. The van der Waals surface area contributed by atoms with E-state index in [0.29, 0.717) is 25.2 Å². The van der Waals surface area contributed by atoms with Gasteiger partial charge in [-0.2, -0.15) is 0 Å². The van der Waals surface area contributed by atoms with Gasteiger partial charge in [-0.05, 0) is 25.7 Å². The number of piperidine rings is 1. The first-order valence-corrected chi connectivity index (χ1v) is 6.49. The molecule has 3 N–H and O–H groups in total. The van der Waals surface area contributed by atoms with Gasteiger partial charge in [0.15, 0.2) is 0 Å². The summed E-state index contributed by atoms with van der Waals surface area (Å²) in [6.45, 7) is 1.98. The van der Waals surface area contributed by atoms with Crippen molar-refractivity contribution in [3.8, 4) is 0 Å². The van der Waals surface area contributed by atoms with Gasteiger partial charge in [0.25, 0.3) is 0 Å². The Hall–Kier alpha value is -0.360. The van der Waals surface area contributed by atoms with Gasteiger partial charge >= 0.3 is 0 Å². The average Bonchev–Trinajstić information content (AvgIpc) is 3.13. The molecule has 0 bridgehead atoms. The second-order valence-electron chi connectivity index (χ2n) is 5.08. The van der Waals surface area contributed by atoms with Gasteiger partial charge in [-0.15, -0.1) is 12.4 Å². The van der Waals surface area contributed by atoms with Crippen molar-refractivity contribution in [1.29, 1.82) is 0 Å². The molecule has 0 aromatic heterocycles. The fourth-order valence-electron chi connectivity index (χ4n) is 2.42. The zero-order chi connectivity index (χ0) is 12.3.